The fraction of sp³-hybridized carbons (Fsp3) is 0.846. The van der Waals surface area contributed by atoms with Crippen LogP contribution in [0.25, 0.3) is 0 Å². The van der Waals surface area contributed by atoms with E-state index in [4.69, 9.17) is 5.73 Å². The van der Waals surface area contributed by atoms with Crippen LogP contribution in [0, 0.1) is 5.92 Å². The maximum absolute atomic E-state index is 11.7. The van der Waals surface area contributed by atoms with Crippen molar-refractivity contribution in [2.75, 3.05) is 13.1 Å². The van der Waals surface area contributed by atoms with Gasteiger partial charge in [0, 0.05) is 19.0 Å². The Labute approximate surface area is 109 Å². The lowest BCUT2D eigenvalue weighted by atomic mass is 9.87. The van der Waals surface area contributed by atoms with Gasteiger partial charge in [0.1, 0.15) is 0 Å². The van der Waals surface area contributed by atoms with E-state index >= 15 is 0 Å². The third-order valence-corrected chi connectivity index (χ3v) is 3.41. The lowest BCUT2D eigenvalue weighted by molar-refractivity contribution is -0.127. The number of nitrogens with one attached hydrogen (secondary N) is 2. The Bertz CT molecular complexity index is 275. The molecule has 18 heavy (non-hydrogen) atoms. The zero-order valence-electron chi connectivity index (χ0n) is 11.2. The third kappa shape index (κ3) is 6.00. The summed E-state index contributed by atoms with van der Waals surface area (Å²) in [6, 6.07) is -0.0484. The SMILES string of the molecule is C[C@@H](CN)NC(=O)CNC(=O)CC1CCCCC1. The first kappa shape index (κ1) is 15.0. The summed E-state index contributed by atoms with van der Waals surface area (Å²) in [5.41, 5.74) is 5.40. The topological polar surface area (TPSA) is 84.2 Å². The molecule has 2 amide bonds. The van der Waals surface area contributed by atoms with Crippen molar-refractivity contribution in [1.82, 2.24) is 10.6 Å². The van der Waals surface area contributed by atoms with Crippen LogP contribution in [-0.4, -0.2) is 30.9 Å². The van der Waals surface area contributed by atoms with E-state index in [-0.39, 0.29) is 24.4 Å². The number of hydrogen-bond acceptors (Lipinski definition) is 3. The Hall–Kier alpha value is -1.10. The monoisotopic (exact) mass is 255 g/mol. The minimum absolute atomic E-state index is 0.0162. The van der Waals surface area contributed by atoms with Crippen molar-refractivity contribution in [3.05, 3.63) is 0 Å². The molecule has 0 aliphatic heterocycles. The highest BCUT2D eigenvalue weighted by Crippen LogP contribution is 2.25. The predicted molar refractivity (Wildman–Crippen MR) is 70.9 cm³/mol. The number of nitrogens with two attached hydrogens (primary N) is 1. The van der Waals surface area contributed by atoms with E-state index in [0.29, 0.717) is 18.9 Å². The molecule has 0 aromatic heterocycles. The van der Waals surface area contributed by atoms with Crippen molar-refractivity contribution in [2.24, 2.45) is 11.7 Å². The third-order valence-electron chi connectivity index (χ3n) is 3.41. The molecule has 1 saturated carbocycles. The second-order valence-corrected chi connectivity index (χ2v) is 5.19. The molecular formula is C13H25N3O2. The van der Waals surface area contributed by atoms with E-state index in [2.05, 4.69) is 10.6 Å². The van der Waals surface area contributed by atoms with Gasteiger partial charge in [0.2, 0.25) is 11.8 Å². The summed E-state index contributed by atoms with van der Waals surface area (Å²) in [6.07, 6.45) is 6.59. The Morgan fingerprint density at radius 2 is 1.89 bits per heavy atom. The fourth-order valence-electron chi connectivity index (χ4n) is 2.29. The van der Waals surface area contributed by atoms with Crippen LogP contribution in [0.15, 0.2) is 0 Å². The van der Waals surface area contributed by atoms with Gasteiger partial charge in [-0.2, -0.15) is 0 Å². The van der Waals surface area contributed by atoms with Crippen LogP contribution in [0.5, 0.6) is 0 Å². The molecule has 4 N–H and O–H groups in total. The summed E-state index contributed by atoms with van der Waals surface area (Å²) in [5.74, 6) is 0.312. The highest BCUT2D eigenvalue weighted by molar-refractivity contribution is 5.84. The fourth-order valence-corrected chi connectivity index (χ4v) is 2.29. The molecule has 1 aliphatic carbocycles. The lowest BCUT2D eigenvalue weighted by Crippen LogP contribution is -2.43. The van der Waals surface area contributed by atoms with Gasteiger partial charge in [-0.3, -0.25) is 9.59 Å². The maximum atomic E-state index is 11.7. The van der Waals surface area contributed by atoms with E-state index < -0.39 is 0 Å². The quantitative estimate of drug-likeness (QED) is 0.647. The molecule has 0 spiro atoms. The molecule has 0 aromatic carbocycles. The number of carbonyl (C=O) groups excluding carboxylic acids is 2. The van der Waals surface area contributed by atoms with Crippen molar-refractivity contribution in [1.29, 1.82) is 0 Å². The zero-order chi connectivity index (χ0) is 13.4. The largest absolute Gasteiger partial charge is 0.351 e. The number of amides is 2. The molecule has 104 valence electrons. The molecule has 0 bridgehead atoms. The second kappa shape index (κ2) is 8.08. The smallest absolute Gasteiger partial charge is 0.239 e. The lowest BCUT2D eigenvalue weighted by Gasteiger charge is -2.20. The molecule has 1 fully saturated rings. The van der Waals surface area contributed by atoms with Crippen LogP contribution in [0.1, 0.15) is 45.4 Å². The van der Waals surface area contributed by atoms with Gasteiger partial charge in [-0.1, -0.05) is 19.3 Å². The predicted octanol–water partition coefficient (Wildman–Crippen LogP) is 0.536. The molecule has 0 aromatic rings. The van der Waals surface area contributed by atoms with Crippen LogP contribution in [0.3, 0.4) is 0 Å². The van der Waals surface area contributed by atoms with Crippen molar-refractivity contribution >= 4 is 11.8 Å². The van der Waals surface area contributed by atoms with Gasteiger partial charge in [0.25, 0.3) is 0 Å². The van der Waals surface area contributed by atoms with Crippen LogP contribution in [0.2, 0.25) is 0 Å². The first-order valence-corrected chi connectivity index (χ1v) is 6.88. The van der Waals surface area contributed by atoms with Crippen molar-refractivity contribution in [3.63, 3.8) is 0 Å². The Morgan fingerprint density at radius 1 is 1.22 bits per heavy atom. The summed E-state index contributed by atoms with van der Waals surface area (Å²) < 4.78 is 0. The van der Waals surface area contributed by atoms with Gasteiger partial charge in [-0.25, -0.2) is 0 Å². The van der Waals surface area contributed by atoms with Gasteiger partial charge < -0.3 is 16.4 Å². The summed E-state index contributed by atoms with van der Waals surface area (Å²) in [7, 11) is 0. The number of carbonyl (C=O) groups is 2. The molecule has 0 saturated heterocycles. The number of rotatable bonds is 6. The van der Waals surface area contributed by atoms with Crippen LogP contribution in [-0.2, 0) is 9.59 Å². The molecular weight excluding hydrogens is 230 g/mol. The van der Waals surface area contributed by atoms with Crippen LogP contribution < -0.4 is 16.4 Å². The Morgan fingerprint density at radius 3 is 2.50 bits per heavy atom. The van der Waals surface area contributed by atoms with Crippen LogP contribution in [0.4, 0.5) is 0 Å². The molecule has 0 radical (unpaired) electrons. The van der Waals surface area contributed by atoms with E-state index in [1.807, 2.05) is 6.92 Å². The Balaban J connectivity index is 2.14. The van der Waals surface area contributed by atoms with E-state index in [0.717, 1.165) is 12.8 Å². The molecule has 1 rings (SSSR count). The normalized spacial score (nSPS) is 18.1. The van der Waals surface area contributed by atoms with Crippen LogP contribution >= 0.6 is 0 Å². The summed E-state index contributed by atoms with van der Waals surface area (Å²) in [4.78, 5) is 23.1. The van der Waals surface area contributed by atoms with Gasteiger partial charge in [-0.15, -0.1) is 0 Å². The first-order valence-electron chi connectivity index (χ1n) is 6.88. The molecule has 0 unspecified atom stereocenters. The maximum Gasteiger partial charge on any atom is 0.239 e. The minimum atomic E-state index is -0.176. The molecule has 1 aliphatic rings. The van der Waals surface area contributed by atoms with Gasteiger partial charge in [-0.05, 0) is 25.7 Å². The second-order valence-electron chi connectivity index (χ2n) is 5.19. The van der Waals surface area contributed by atoms with Gasteiger partial charge in [0.05, 0.1) is 6.54 Å². The highest BCUT2D eigenvalue weighted by atomic mass is 16.2. The molecule has 0 heterocycles. The van der Waals surface area contributed by atoms with E-state index in [9.17, 15) is 9.59 Å². The molecule has 5 nitrogen and oxygen atoms in total. The molecule has 1 atom stereocenters. The van der Waals surface area contributed by atoms with Crippen molar-refractivity contribution in [3.8, 4) is 0 Å². The number of hydrogen-bond donors (Lipinski definition) is 3. The average molecular weight is 255 g/mol. The van der Waals surface area contributed by atoms with Crippen molar-refractivity contribution < 1.29 is 9.59 Å². The first-order chi connectivity index (χ1) is 8.61. The minimum Gasteiger partial charge on any atom is -0.351 e. The average Bonchev–Trinajstić information content (AvgIpc) is 2.37. The summed E-state index contributed by atoms with van der Waals surface area (Å²) in [5, 5.41) is 5.38. The summed E-state index contributed by atoms with van der Waals surface area (Å²) >= 11 is 0. The Kier molecular flexibility index (Phi) is 6.72. The zero-order valence-corrected chi connectivity index (χ0v) is 11.2. The van der Waals surface area contributed by atoms with E-state index in [1.165, 1.54) is 19.3 Å². The standard InChI is InChI=1S/C13H25N3O2/c1-10(8-14)16-13(18)9-15-12(17)7-11-5-3-2-4-6-11/h10-11H,2-9,14H2,1H3,(H,15,17)(H,16,18)/t10-/m0/s1. The highest BCUT2D eigenvalue weighted by Gasteiger charge is 2.17. The van der Waals surface area contributed by atoms with Gasteiger partial charge >= 0.3 is 0 Å². The van der Waals surface area contributed by atoms with E-state index in [1.54, 1.807) is 0 Å². The summed E-state index contributed by atoms with van der Waals surface area (Å²) in [6.45, 7) is 2.29. The van der Waals surface area contributed by atoms with Gasteiger partial charge in [0.15, 0.2) is 0 Å². The van der Waals surface area contributed by atoms with Crippen molar-refractivity contribution in [2.45, 2.75) is 51.5 Å². The molecule has 5 heteroatoms.